The lowest BCUT2D eigenvalue weighted by Gasteiger charge is -2.19. The van der Waals surface area contributed by atoms with Crippen molar-refractivity contribution in [3.8, 4) is 5.75 Å². The van der Waals surface area contributed by atoms with Crippen LogP contribution in [0.4, 0.5) is 33.5 Å². The summed E-state index contributed by atoms with van der Waals surface area (Å²) in [6.45, 7) is -0.445. The Balaban J connectivity index is 1.62. The molecular formula is C24H27N7O5. The van der Waals surface area contributed by atoms with Crippen LogP contribution < -0.4 is 26.0 Å². The number of aliphatic hydroxyl groups excluding tert-OH is 1. The highest BCUT2D eigenvalue weighted by Gasteiger charge is 2.16. The zero-order valence-corrected chi connectivity index (χ0v) is 19.8. The molecule has 0 unspecified atom stereocenters. The van der Waals surface area contributed by atoms with Crippen LogP contribution in [-0.4, -0.2) is 49.5 Å². The monoisotopic (exact) mass is 493 g/mol. The number of rotatable bonds is 10. The van der Waals surface area contributed by atoms with E-state index in [9.17, 15) is 14.7 Å². The largest absolute Gasteiger partial charge is 0.455 e. The molecule has 0 spiro atoms. The van der Waals surface area contributed by atoms with Crippen molar-refractivity contribution in [1.29, 1.82) is 0 Å². The van der Waals surface area contributed by atoms with Crippen LogP contribution in [0.1, 0.15) is 5.56 Å². The number of para-hydroxylation sites is 2. The number of likely N-dealkylation sites (N-methyl/N-ethyl adjacent to an activating group) is 1. The lowest BCUT2D eigenvalue weighted by molar-refractivity contribution is -0.115. The molecule has 188 valence electrons. The van der Waals surface area contributed by atoms with Crippen molar-refractivity contribution in [3.05, 3.63) is 66.2 Å². The number of nitrogens with zero attached hydrogens (tertiary/aromatic N) is 4. The number of nitrogens with one attached hydrogen (secondary N) is 2. The summed E-state index contributed by atoms with van der Waals surface area (Å²) in [6.07, 6.45) is -0.657. The summed E-state index contributed by atoms with van der Waals surface area (Å²) in [7, 11) is 3.20. The maximum atomic E-state index is 12.4. The molecule has 0 aliphatic rings. The van der Waals surface area contributed by atoms with Crippen LogP contribution in [-0.2, 0) is 16.1 Å². The van der Waals surface area contributed by atoms with Gasteiger partial charge in [0.05, 0.1) is 18.8 Å². The fourth-order valence-corrected chi connectivity index (χ4v) is 3.05. The average molecular weight is 494 g/mol. The third-order valence-corrected chi connectivity index (χ3v) is 4.83. The van der Waals surface area contributed by atoms with Crippen LogP contribution in [0.2, 0.25) is 0 Å². The molecule has 0 bridgehead atoms. The molecule has 12 nitrogen and oxygen atoms in total. The molecule has 1 aromatic heterocycles. The van der Waals surface area contributed by atoms with E-state index in [4.69, 9.17) is 15.2 Å². The standard InChI is InChI=1S/C24H27N7O5/c1-26-13-22(33)27-21-12-11-18(23(25)28-21)30-29-17-8-4-6-10-20(17)35-15-36-24(34)31(2)19-9-5-3-7-16(19)14-32/h3-12,26,32H,13-15H2,1-2H3,(H3,25,27,28,33). The summed E-state index contributed by atoms with van der Waals surface area (Å²) in [4.78, 5) is 29.5. The summed E-state index contributed by atoms with van der Waals surface area (Å²) in [5.74, 6) is 0.452. The van der Waals surface area contributed by atoms with Crippen LogP contribution in [0.25, 0.3) is 0 Å². The molecule has 3 rings (SSSR count). The van der Waals surface area contributed by atoms with Crippen LogP contribution in [0.15, 0.2) is 70.9 Å². The Morgan fingerprint density at radius 1 is 1.06 bits per heavy atom. The third-order valence-electron chi connectivity index (χ3n) is 4.83. The van der Waals surface area contributed by atoms with Gasteiger partial charge in [0.2, 0.25) is 12.7 Å². The minimum atomic E-state index is -0.657. The topological polar surface area (TPSA) is 164 Å². The van der Waals surface area contributed by atoms with Crippen molar-refractivity contribution >= 4 is 40.7 Å². The number of azo groups is 1. The zero-order chi connectivity index (χ0) is 25.9. The Hall–Kier alpha value is -4.55. The summed E-state index contributed by atoms with van der Waals surface area (Å²) in [5, 5.41) is 23.1. The number of benzene rings is 2. The van der Waals surface area contributed by atoms with Gasteiger partial charge in [-0.15, -0.1) is 10.2 Å². The van der Waals surface area contributed by atoms with E-state index in [2.05, 4.69) is 25.8 Å². The molecule has 0 saturated heterocycles. The van der Waals surface area contributed by atoms with E-state index in [-0.39, 0.29) is 31.7 Å². The number of nitrogens with two attached hydrogens (primary N) is 1. The Labute approximate surface area is 207 Å². The molecular weight excluding hydrogens is 466 g/mol. The van der Waals surface area contributed by atoms with E-state index in [1.165, 1.54) is 11.9 Å². The summed E-state index contributed by atoms with van der Waals surface area (Å²) >= 11 is 0. The fourth-order valence-electron chi connectivity index (χ4n) is 3.05. The number of carbonyl (C=O) groups is 2. The van der Waals surface area contributed by atoms with Gasteiger partial charge in [-0.2, -0.15) is 0 Å². The summed E-state index contributed by atoms with van der Waals surface area (Å²) in [5.41, 5.74) is 7.73. The van der Waals surface area contributed by atoms with E-state index in [0.29, 0.717) is 34.2 Å². The van der Waals surface area contributed by atoms with Crippen LogP contribution >= 0.6 is 0 Å². The number of nitrogen functional groups attached to an aromatic ring is 1. The number of amides is 2. The van der Waals surface area contributed by atoms with Gasteiger partial charge in [-0.05, 0) is 37.4 Å². The van der Waals surface area contributed by atoms with Crippen LogP contribution in [0, 0.1) is 0 Å². The van der Waals surface area contributed by atoms with Crippen molar-refractivity contribution in [2.75, 3.05) is 43.4 Å². The van der Waals surface area contributed by atoms with Crippen molar-refractivity contribution in [2.24, 2.45) is 10.2 Å². The van der Waals surface area contributed by atoms with E-state index in [1.54, 1.807) is 67.7 Å². The molecule has 2 aromatic carbocycles. The van der Waals surface area contributed by atoms with Gasteiger partial charge in [-0.3, -0.25) is 9.69 Å². The number of hydrogen-bond acceptors (Lipinski definition) is 10. The first-order chi connectivity index (χ1) is 17.4. The molecule has 3 aromatic rings. The SMILES string of the molecule is CNCC(=O)Nc1ccc(N=Nc2ccccc2OCOC(=O)N(C)c2ccccc2CO)c(N)n1. The molecule has 0 radical (unpaired) electrons. The van der Waals surface area contributed by atoms with Crippen LogP contribution in [0.5, 0.6) is 5.75 Å². The maximum Gasteiger partial charge on any atom is 0.416 e. The van der Waals surface area contributed by atoms with Gasteiger partial charge < -0.3 is 30.9 Å². The number of aromatic nitrogens is 1. The first-order valence-corrected chi connectivity index (χ1v) is 10.9. The van der Waals surface area contributed by atoms with Gasteiger partial charge in [-0.25, -0.2) is 9.78 Å². The molecule has 5 N–H and O–H groups in total. The quantitative estimate of drug-likeness (QED) is 0.247. The molecule has 0 atom stereocenters. The first-order valence-electron chi connectivity index (χ1n) is 10.9. The maximum absolute atomic E-state index is 12.4. The molecule has 2 amide bonds. The minimum Gasteiger partial charge on any atom is -0.455 e. The van der Waals surface area contributed by atoms with Crippen molar-refractivity contribution < 1.29 is 24.2 Å². The molecule has 1 heterocycles. The minimum absolute atomic E-state index is 0.0829. The van der Waals surface area contributed by atoms with E-state index < -0.39 is 6.09 Å². The molecule has 0 saturated carbocycles. The Morgan fingerprint density at radius 3 is 2.53 bits per heavy atom. The fraction of sp³-hybridized carbons (Fsp3) is 0.208. The Kier molecular flexibility index (Phi) is 9.26. The van der Waals surface area contributed by atoms with Gasteiger partial charge >= 0.3 is 6.09 Å². The van der Waals surface area contributed by atoms with Gasteiger partial charge in [-0.1, -0.05) is 30.3 Å². The van der Waals surface area contributed by atoms with Crippen LogP contribution in [0.3, 0.4) is 0 Å². The molecule has 0 aliphatic carbocycles. The summed E-state index contributed by atoms with van der Waals surface area (Å²) in [6, 6.07) is 16.9. The number of ether oxygens (including phenoxy) is 2. The molecule has 0 aliphatic heterocycles. The number of hydrogen-bond donors (Lipinski definition) is 4. The van der Waals surface area contributed by atoms with Gasteiger partial charge in [0.15, 0.2) is 11.6 Å². The smallest absolute Gasteiger partial charge is 0.416 e. The highest BCUT2D eigenvalue weighted by atomic mass is 16.7. The molecule has 36 heavy (non-hydrogen) atoms. The van der Waals surface area contributed by atoms with Crippen molar-refractivity contribution in [3.63, 3.8) is 0 Å². The Bertz CT molecular complexity index is 1230. The normalized spacial score (nSPS) is 10.8. The van der Waals surface area contributed by atoms with Crippen molar-refractivity contribution in [2.45, 2.75) is 6.61 Å². The van der Waals surface area contributed by atoms with E-state index >= 15 is 0 Å². The predicted octanol–water partition coefficient (Wildman–Crippen LogP) is 3.34. The highest BCUT2D eigenvalue weighted by Crippen LogP contribution is 2.30. The second kappa shape index (κ2) is 12.8. The first kappa shape index (κ1) is 26.1. The molecule has 12 heteroatoms. The molecule has 0 fully saturated rings. The van der Waals surface area contributed by atoms with Gasteiger partial charge in [0.1, 0.15) is 17.2 Å². The number of carbonyl (C=O) groups excluding carboxylic acids is 2. The number of aliphatic hydroxyl groups is 1. The van der Waals surface area contributed by atoms with E-state index in [1.807, 2.05) is 0 Å². The second-order valence-electron chi connectivity index (χ2n) is 7.37. The number of anilines is 3. The lowest BCUT2D eigenvalue weighted by Crippen LogP contribution is -2.29. The second-order valence-corrected chi connectivity index (χ2v) is 7.37. The van der Waals surface area contributed by atoms with E-state index in [0.717, 1.165) is 0 Å². The average Bonchev–Trinajstić information content (AvgIpc) is 2.88. The third kappa shape index (κ3) is 6.98. The van der Waals surface area contributed by atoms with Gasteiger partial charge in [0.25, 0.3) is 0 Å². The lowest BCUT2D eigenvalue weighted by atomic mass is 10.2. The Morgan fingerprint density at radius 2 is 1.78 bits per heavy atom. The number of pyridine rings is 1. The van der Waals surface area contributed by atoms with Crippen molar-refractivity contribution in [1.82, 2.24) is 10.3 Å². The predicted molar refractivity (Wildman–Crippen MR) is 135 cm³/mol. The zero-order valence-electron chi connectivity index (χ0n) is 19.8. The van der Waals surface area contributed by atoms with Gasteiger partial charge in [0, 0.05) is 12.6 Å². The summed E-state index contributed by atoms with van der Waals surface area (Å²) < 4.78 is 10.8. The highest BCUT2D eigenvalue weighted by molar-refractivity contribution is 5.91.